The fourth-order valence-corrected chi connectivity index (χ4v) is 3.15. The largest absolute Gasteiger partial charge is 0.569 e. The zero-order valence-electron chi connectivity index (χ0n) is 5.02. The number of rotatable bonds is 2. The minimum Gasteiger partial charge on any atom is -0.390 e. The molecule has 1 fully saturated rings. The van der Waals surface area contributed by atoms with E-state index in [0.717, 1.165) is 0 Å². The van der Waals surface area contributed by atoms with Gasteiger partial charge in [-0.1, -0.05) is 0 Å². The smallest absolute Gasteiger partial charge is 0.390 e. The van der Waals surface area contributed by atoms with Crippen LogP contribution in [0.3, 0.4) is 0 Å². The van der Waals surface area contributed by atoms with Crippen LogP contribution in [-0.4, -0.2) is 20.7 Å². The molecule has 0 aromatic heterocycles. The summed E-state index contributed by atoms with van der Waals surface area (Å²) in [6, 6.07) is 0. The molecule has 1 aliphatic rings. The van der Waals surface area contributed by atoms with Gasteiger partial charge in [-0.05, 0) is 0 Å². The molecule has 64 valence electrons. The van der Waals surface area contributed by atoms with Crippen molar-refractivity contribution in [1.82, 2.24) is 0 Å². The first kappa shape index (κ1) is 8.67. The van der Waals surface area contributed by atoms with Crippen molar-refractivity contribution in [3.8, 4) is 0 Å². The molecule has 0 unspecified atom stereocenters. The Morgan fingerprint density at radius 2 is 2.00 bits per heavy atom. The number of hydrogen-bond donors (Lipinski definition) is 2. The second kappa shape index (κ2) is 2.28. The van der Waals surface area contributed by atoms with E-state index in [1.165, 1.54) is 0 Å². The first-order valence-corrected chi connectivity index (χ1v) is 5.85. The third-order valence-electron chi connectivity index (χ3n) is 0.746. The van der Waals surface area contributed by atoms with Crippen molar-refractivity contribution in [2.45, 2.75) is 0 Å². The SMILES string of the molecule is [N-]=[N+]1OP(=O)(CP(=O)(O)O)O1. The van der Waals surface area contributed by atoms with Gasteiger partial charge >= 0.3 is 15.2 Å². The van der Waals surface area contributed by atoms with Gasteiger partial charge in [0.05, 0.1) is 0 Å². The molecule has 11 heavy (non-hydrogen) atoms. The van der Waals surface area contributed by atoms with Crippen LogP contribution in [0.2, 0.25) is 0 Å². The standard InChI is InChI=1S/CH4N2O6P2/c2-3-8-11(7,9-3)1-10(4,5)6/h1H2,(H2,4,5,6). The van der Waals surface area contributed by atoms with E-state index in [0.29, 0.717) is 0 Å². The maximum atomic E-state index is 10.8. The Balaban J connectivity index is 2.59. The Kier molecular flexibility index (Phi) is 1.80. The van der Waals surface area contributed by atoms with E-state index in [1.807, 2.05) is 0 Å². The summed E-state index contributed by atoms with van der Waals surface area (Å²) in [6.45, 7) is 0. The van der Waals surface area contributed by atoms with E-state index >= 15 is 0 Å². The molecule has 1 heterocycles. The normalized spacial score (nSPS) is 21.5. The number of hydrogen-bond acceptors (Lipinski definition) is 4. The molecule has 2 N–H and O–H groups in total. The summed E-state index contributed by atoms with van der Waals surface area (Å²) in [5.41, 5.74) is 8.14. The second-order valence-corrected chi connectivity index (χ2v) is 5.83. The van der Waals surface area contributed by atoms with E-state index < -0.39 is 21.1 Å². The van der Waals surface area contributed by atoms with Gasteiger partial charge in [-0.2, -0.15) is 0 Å². The molecule has 0 radical (unpaired) electrons. The van der Waals surface area contributed by atoms with Gasteiger partial charge in [-0.3, -0.25) is 4.57 Å². The van der Waals surface area contributed by atoms with Gasteiger partial charge < -0.3 is 15.3 Å². The molecule has 0 aliphatic carbocycles. The van der Waals surface area contributed by atoms with Crippen molar-refractivity contribution in [2.24, 2.45) is 0 Å². The lowest BCUT2D eigenvalue weighted by atomic mass is 11.9. The highest BCUT2D eigenvalue weighted by atomic mass is 31.2. The van der Waals surface area contributed by atoms with Gasteiger partial charge in [-0.25, -0.2) is 4.57 Å². The van der Waals surface area contributed by atoms with Gasteiger partial charge in [0.15, 0.2) is 5.90 Å². The van der Waals surface area contributed by atoms with E-state index in [4.69, 9.17) is 15.3 Å². The lowest BCUT2D eigenvalue weighted by Crippen LogP contribution is -2.20. The zero-order chi connectivity index (χ0) is 8.70. The van der Waals surface area contributed by atoms with E-state index in [2.05, 4.69) is 9.25 Å². The summed E-state index contributed by atoms with van der Waals surface area (Å²) < 4.78 is 28.8. The monoisotopic (exact) mass is 202 g/mol. The summed E-state index contributed by atoms with van der Waals surface area (Å²) in [6.07, 6.45) is 0. The lowest BCUT2D eigenvalue weighted by molar-refractivity contribution is -0.974. The van der Waals surface area contributed by atoms with Crippen molar-refractivity contribution < 1.29 is 33.2 Å². The minimum absolute atomic E-state index is 0.212. The van der Waals surface area contributed by atoms with Crippen LogP contribution in [-0.2, 0) is 18.4 Å². The quantitative estimate of drug-likeness (QED) is 0.618. The molecule has 0 saturated carbocycles. The fraction of sp³-hybridized carbons (Fsp3) is 1.00. The Labute approximate surface area is 60.8 Å². The van der Waals surface area contributed by atoms with Crippen molar-refractivity contribution in [2.75, 3.05) is 5.90 Å². The average molecular weight is 202 g/mol. The molecule has 8 nitrogen and oxygen atoms in total. The van der Waals surface area contributed by atoms with Crippen molar-refractivity contribution in [1.29, 1.82) is 0 Å². The van der Waals surface area contributed by atoms with Crippen LogP contribution in [0, 0.1) is 0 Å². The van der Waals surface area contributed by atoms with Crippen LogP contribution >= 0.6 is 15.2 Å². The van der Waals surface area contributed by atoms with Crippen LogP contribution in [0.25, 0.3) is 5.53 Å². The topological polar surface area (TPSA) is 118 Å². The molecular weight excluding hydrogens is 198 g/mol. The molecule has 0 aromatic carbocycles. The van der Waals surface area contributed by atoms with E-state index in [-0.39, 0.29) is 5.02 Å². The molecule has 1 rings (SSSR count). The first-order chi connectivity index (χ1) is 4.81. The predicted octanol–water partition coefficient (Wildman–Crippen LogP) is 0.226. The fourth-order valence-electron chi connectivity index (χ4n) is 0.496. The van der Waals surface area contributed by atoms with E-state index in [9.17, 15) is 9.13 Å². The van der Waals surface area contributed by atoms with E-state index in [1.54, 1.807) is 0 Å². The van der Waals surface area contributed by atoms with Crippen molar-refractivity contribution in [3.05, 3.63) is 5.53 Å². The average Bonchev–Trinajstić information content (AvgIpc) is 1.53. The Bertz CT molecular complexity index is 266. The molecular formula is CH4N2O6P2. The van der Waals surface area contributed by atoms with Gasteiger partial charge in [0.1, 0.15) is 5.02 Å². The minimum atomic E-state index is -4.43. The second-order valence-electron chi connectivity index (χ2n) is 1.82. The number of nitrogens with zero attached hydrogens (tertiary/aromatic N) is 2. The molecule has 1 saturated heterocycles. The third-order valence-corrected chi connectivity index (χ3v) is 4.38. The van der Waals surface area contributed by atoms with Gasteiger partial charge in [-0.15, -0.1) is 9.25 Å². The summed E-state index contributed by atoms with van der Waals surface area (Å²) in [5, 5.41) is -0.212. The molecule has 0 atom stereocenters. The summed E-state index contributed by atoms with van der Waals surface area (Å²) in [4.78, 5) is 16.6. The molecule has 1 aliphatic heterocycles. The van der Waals surface area contributed by atoms with Gasteiger partial charge in [0, 0.05) is 0 Å². The Morgan fingerprint density at radius 3 is 2.27 bits per heavy atom. The summed E-state index contributed by atoms with van der Waals surface area (Å²) in [7, 11) is -8.19. The Morgan fingerprint density at radius 1 is 1.55 bits per heavy atom. The lowest BCUT2D eigenvalue weighted by Gasteiger charge is -2.19. The maximum absolute atomic E-state index is 10.8. The van der Waals surface area contributed by atoms with Crippen molar-refractivity contribution in [3.63, 3.8) is 0 Å². The molecule has 0 spiro atoms. The van der Waals surface area contributed by atoms with Crippen LogP contribution in [0.1, 0.15) is 0 Å². The molecule has 0 amide bonds. The van der Waals surface area contributed by atoms with Crippen LogP contribution < -0.4 is 0 Å². The highest BCUT2D eigenvalue weighted by molar-refractivity contribution is 7.70. The van der Waals surface area contributed by atoms with Crippen LogP contribution in [0.4, 0.5) is 0 Å². The summed E-state index contributed by atoms with van der Waals surface area (Å²) >= 11 is 0. The molecule has 0 aromatic rings. The van der Waals surface area contributed by atoms with Crippen LogP contribution in [0.15, 0.2) is 0 Å². The summed E-state index contributed by atoms with van der Waals surface area (Å²) in [5.74, 6) is -1.03. The predicted molar refractivity (Wildman–Crippen MR) is 30.3 cm³/mol. The maximum Gasteiger partial charge on any atom is 0.569 e. The van der Waals surface area contributed by atoms with Gasteiger partial charge in [0.25, 0.3) is 0 Å². The van der Waals surface area contributed by atoms with Crippen molar-refractivity contribution >= 4 is 15.2 Å². The highest BCUT2D eigenvalue weighted by Crippen LogP contribution is 2.64. The third kappa shape index (κ3) is 2.27. The molecule has 10 heteroatoms. The molecule has 0 bridgehead atoms. The zero-order valence-corrected chi connectivity index (χ0v) is 6.81. The van der Waals surface area contributed by atoms with Gasteiger partial charge in [0.2, 0.25) is 0 Å². The first-order valence-electron chi connectivity index (χ1n) is 2.33. The Hall–Kier alpha value is -0.420. The highest BCUT2D eigenvalue weighted by Gasteiger charge is 2.53. The van der Waals surface area contributed by atoms with Crippen LogP contribution in [0.5, 0.6) is 0 Å².